The summed E-state index contributed by atoms with van der Waals surface area (Å²) in [7, 11) is -3.37. The first-order chi connectivity index (χ1) is 18.0. The Morgan fingerprint density at radius 3 is 2.63 bits per heavy atom. The minimum absolute atomic E-state index is 0.00133. The van der Waals surface area contributed by atoms with Gasteiger partial charge in [0.25, 0.3) is 5.91 Å². The predicted octanol–water partition coefficient (Wildman–Crippen LogP) is 5.75. The predicted molar refractivity (Wildman–Crippen MR) is 159 cm³/mol. The Morgan fingerprint density at radius 1 is 1.26 bits per heavy atom. The van der Waals surface area contributed by atoms with Crippen molar-refractivity contribution in [2.24, 2.45) is 5.92 Å². The Hall–Kier alpha value is -1.34. The zero-order chi connectivity index (χ0) is 27.4. The number of nitrogens with zero attached hydrogens (tertiary/aromatic N) is 2. The van der Waals surface area contributed by atoms with Crippen molar-refractivity contribution in [1.82, 2.24) is 4.90 Å². The average Bonchev–Trinajstić information content (AvgIpc) is 3.51. The molecule has 2 amide bonds. The quantitative estimate of drug-likeness (QED) is 0.235. The zero-order valence-corrected chi connectivity index (χ0v) is 26.5. The van der Waals surface area contributed by atoms with Crippen LogP contribution in [0.5, 0.6) is 0 Å². The van der Waals surface area contributed by atoms with Gasteiger partial charge in [-0.25, -0.2) is 0 Å². The molecule has 3 aliphatic rings. The van der Waals surface area contributed by atoms with Gasteiger partial charge in [-0.1, -0.05) is 35.0 Å². The van der Waals surface area contributed by atoms with Crippen LogP contribution in [0.15, 0.2) is 46.9 Å². The van der Waals surface area contributed by atoms with Gasteiger partial charge in [-0.3, -0.25) is 9.59 Å². The Morgan fingerprint density at radius 2 is 1.97 bits per heavy atom. The van der Waals surface area contributed by atoms with Crippen molar-refractivity contribution < 1.29 is 23.5 Å². The molecule has 2 saturated heterocycles. The fourth-order valence-electron chi connectivity index (χ4n) is 6.79. The topological polar surface area (TPSA) is 70.1 Å². The largest absolute Gasteiger partial charge is 0.394 e. The van der Waals surface area contributed by atoms with Gasteiger partial charge in [0.1, 0.15) is 0 Å². The van der Waals surface area contributed by atoms with Gasteiger partial charge in [-0.05, 0) is 84.4 Å². The number of likely N-dealkylation sites (tertiary alicyclic amines) is 1. The summed E-state index contributed by atoms with van der Waals surface area (Å²) in [6.45, 7) is 6.07. The highest BCUT2D eigenvalue weighted by Crippen LogP contribution is 2.60. The van der Waals surface area contributed by atoms with E-state index in [0.717, 1.165) is 37.7 Å². The van der Waals surface area contributed by atoms with Crippen molar-refractivity contribution >= 4 is 64.4 Å². The van der Waals surface area contributed by atoms with Gasteiger partial charge in [-0.15, -0.1) is 0 Å². The van der Waals surface area contributed by atoms with Crippen LogP contribution < -0.4 is 4.90 Å². The maximum atomic E-state index is 16.0. The highest BCUT2D eigenvalue weighted by Gasteiger charge is 2.67. The molecule has 0 aromatic heterocycles. The van der Waals surface area contributed by atoms with E-state index in [0.29, 0.717) is 13.1 Å². The number of aliphatic hydroxyl groups is 1. The third kappa shape index (κ3) is 4.78. The third-order valence-corrected chi connectivity index (χ3v) is 12.1. The molecule has 2 aromatic carbocycles. The molecule has 10 heteroatoms. The first-order valence-corrected chi connectivity index (χ1v) is 17.9. The molecule has 2 fully saturated rings. The van der Waals surface area contributed by atoms with E-state index in [4.69, 9.17) is 4.74 Å². The second-order valence-corrected chi connectivity index (χ2v) is 17.2. The Labute approximate surface area is 246 Å². The number of anilines is 1. The monoisotopic (exact) mass is 714 g/mol. The van der Waals surface area contributed by atoms with E-state index in [-0.39, 0.29) is 30.9 Å². The Balaban J connectivity index is 1.53. The van der Waals surface area contributed by atoms with Crippen LogP contribution in [-0.2, 0) is 26.5 Å². The van der Waals surface area contributed by atoms with Crippen LogP contribution >= 0.6 is 38.5 Å². The highest BCUT2D eigenvalue weighted by atomic mass is 127. The van der Waals surface area contributed by atoms with Crippen LogP contribution in [0.1, 0.15) is 37.3 Å². The Kier molecular flexibility index (Phi) is 7.84. The minimum Gasteiger partial charge on any atom is -0.394 e. The fourth-order valence-corrected chi connectivity index (χ4v) is 10.0. The molecule has 3 heterocycles. The number of hydrogen-bond acceptors (Lipinski definition) is 4. The first-order valence-electron chi connectivity index (χ1n) is 13.1. The van der Waals surface area contributed by atoms with E-state index in [9.17, 15) is 14.7 Å². The van der Waals surface area contributed by atoms with Crippen molar-refractivity contribution in [2.75, 3.05) is 18.1 Å². The molecule has 0 bridgehead atoms. The Bertz CT molecular complexity index is 1240. The van der Waals surface area contributed by atoms with Crippen molar-refractivity contribution in [2.45, 2.75) is 69.1 Å². The summed E-state index contributed by atoms with van der Waals surface area (Å²) in [4.78, 5) is 31.2. The number of carbonyl (C=O) groups excluding carboxylic acids is 2. The van der Waals surface area contributed by atoms with Crippen molar-refractivity contribution in [3.8, 4) is 0 Å². The molecule has 1 spiro atoms. The number of aliphatic hydroxyl groups excluding tert-OH is 1. The lowest BCUT2D eigenvalue weighted by Gasteiger charge is -2.31. The molecule has 0 radical (unpaired) electrons. The van der Waals surface area contributed by atoms with Gasteiger partial charge in [0, 0.05) is 31.6 Å². The summed E-state index contributed by atoms with van der Waals surface area (Å²) < 4.78 is 24.7. The molecule has 204 valence electrons. The standard InChI is InChI=1S/C28H33BrFIN2O4Si/c1-17-26(38(2,3)30)24(14-25(35)32-12-4-5-21(32)16-34)37-28(17)22-13-19(29)8-11-23(22)33(27(28)36)15-18-6-9-20(31)10-7-18/h6-11,13,17,21,24,26,34H,4-5,12,14-16H2,1-3H3/t17-,21-,24+,26-,28+/m0/s1. The molecule has 0 saturated carbocycles. The lowest BCUT2D eigenvalue weighted by Crippen LogP contribution is -2.45. The molecule has 6 nitrogen and oxygen atoms in total. The SMILES string of the molecule is C[C@H]1[C@H]([Si](C)(C)F)[C@@H](CC(=O)N2CCC[C@H]2CO)O[C@]12C(=O)N(Cc1ccc(I)cc1)c1ccc(Br)cc12. The number of benzene rings is 2. The third-order valence-electron chi connectivity index (χ3n) is 8.46. The van der Waals surface area contributed by atoms with Crippen molar-refractivity contribution in [3.63, 3.8) is 0 Å². The van der Waals surface area contributed by atoms with Gasteiger partial charge in [0.2, 0.25) is 14.3 Å². The molecular weight excluding hydrogens is 682 g/mol. The number of halogens is 3. The van der Waals surface area contributed by atoms with Crippen molar-refractivity contribution in [1.29, 1.82) is 0 Å². The van der Waals surface area contributed by atoms with E-state index in [1.807, 2.05) is 49.4 Å². The molecule has 0 unspecified atom stereocenters. The van der Waals surface area contributed by atoms with E-state index in [2.05, 4.69) is 38.5 Å². The van der Waals surface area contributed by atoms with Crippen LogP contribution in [0, 0.1) is 9.49 Å². The number of amides is 2. The molecule has 0 aliphatic carbocycles. The molecule has 38 heavy (non-hydrogen) atoms. The fraction of sp³-hybridized carbons (Fsp3) is 0.500. The number of fused-ring (bicyclic) bond motifs is 2. The van der Waals surface area contributed by atoms with Gasteiger partial charge in [0.15, 0.2) is 5.60 Å². The first kappa shape index (κ1) is 28.2. The number of carbonyl (C=O) groups is 2. The number of ether oxygens (including phenoxy) is 1. The van der Waals surface area contributed by atoms with Crippen LogP contribution in [-0.4, -0.2) is 55.5 Å². The van der Waals surface area contributed by atoms with Gasteiger partial charge >= 0.3 is 0 Å². The second-order valence-electron chi connectivity index (χ2n) is 11.2. The molecule has 3 aliphatic heterocycles. The summed E-state index contributed by atoms with van der Waals surface area (Å²) >= 11 is 5.82. The summed E-state index contributed by atoms with van der Waals surface area (Å²) in [5.74, 6) is -0.805. The van der Waals surface area contributed by atoms with Gasteiger partial charge in [-0.2, -0.15) is 0 Å². The van der Waals surface area contributed by atoms with Crippen LogP contribution in [0.3, 0.4) is 0 Å². The molecule has 2 aromatic rings. The molecular formula is C28H33BrFIN2O4Si. The lowest BCUT2D eigenvalue weighted by atomic mass is 9.82. The van der Waals surface area contributed by atoms with E-state index >= 15 is 4.11 Å². The van der Waals surface area contributed by atoms with Crippen molar-refractivity contribution in [3.05, 3.63) is 61.6 Å². The maximum Gasteiger partial charge on any atom is 0.264 e. The second kappa shape index (κ2) is 10.6. The maximum absolute atomic E-state index is 16.0. The van der Waals surface area contributed by atoms with Gasteiger partial charge in [0.05, 0.1) is 37.4 Å². The normalized spacial score (nSPS) is 29.0. The molecule has 5 atom stereocenters. The van der Waals surface area contributed by atoms with Crippen LogP contribution in [0.4, 0.5) is 9.80 Å². The van der Waals surface area contributed by atoms with E-state index < -0.39 is 31.6 Å². The lowest BCUT2D eigenvalue weighted by molar-refractivity contribution is -0.150. The molecule has 1 N–H and O–H groups in total. The molecule has 5 rings (SSSR count). The highest BCUT2D eigenvalue weighted by molar-refractivity contribution is 14.1. The van der Waals surface area contributed by atoms with E-state index in [1.54, 1.807) is 22.9 Å². The average molecular weight is 715 g/mol. The minimum atomic E-state index is -3.37. The zero-order valence-electron chi connectivity index (χ0n) is 21.8. The van der Waals surface area contributed by atoms with E-state index in [1.165, 1.54) is 0 Å². The number of rotatable bonds is 6. The van der Waals surface area contributed by atoms with Crippen LogP contribution in [0.25, 0.3) is 0 Å². The smallest absolute Gasteiger partial charge is 0.264 e. The summed E-state index contributed by atoms with van der Waals surface area (Å²) in [5, 5.41) is 9.74. The summed E-state index contributed by atoms with van der Waals surface area (Å²) in [6.07, 6.45) is 0.872. The number of hydrogen-bond donors (Lipinski definition) is 1. The summed E-state index contributed by atoms with van der Waals surface area (Å²) in [5.41, 5.74) is 0.559. The van der Waals surface area contributed by atoms with Gasteiger partial charge < -0.3 is 23.8 Å². The summed E-state index contributed by atoms with van der Waals surface area (Å²) in [6, 6.07) is 13.6. The van der Waals surface area contributed by atoms with Crippen LogP contribution in [0.2, 0.25) is 18.6 Å².